The molecule has 1 unspecified atom stereocenters. The molecule has 2 aromatic heterocycles. The van der Waals surface area contributed by atoms with E-state index in [0.29, 0.717) is 13.2 Å². The molecule has 3 heterocycles. The van der Waals surface area contributed by atoms with E-state index in [1.165, 1.54) is 11.1 Å². The molecule has 0 bridgehead atoms. The molecule has 0 amide bonds. The van der Waals surface area contributed by atoms with Crippen LogP contribution in [0, 0.1) is 6.92 Å². The van der Waals surface area contributed by atoms with Gasteiger partial charge in [-0.05, 0) is 31.5 Å². The van der Waals surface area contributed by atoms with Gasteiger partial charge in [0.25, 0.3) is 0 Å². The molecule has 1 aliphatic heterocycles. The minimum absolute atomic E-state index is 0.209. The minimum atomic E-state index is 0.209. The molecule has 2 N–H and O–H groups in total. The number of hydrogen-bond acceptors (Lipinski definition) is 3. The van der Waals surface area contributed by atoms with E-state index in [0.717, 1.165) is 42.4 Å². The summed E-state index contributed by atoms with van der Waals surface area (Å²) in [6.07, 6.45) is 5.86. The summed E-state index contributed by atoms with van der Waals surface area (Å²) < 4.78 is 7.84. The van der Waals surface area contributed by atoms with Crippen molar-refractivity contribution in [2.45, 2.75) is 32.7 Å². The highest BCUT2D eigenvalue weighted by Gasteiger charge is 2.21. The number of benzene rings is 1. The van der Waals surface area contributed by atoms with Gasteiger partial charge in [0, 0.05) is 43.9 Å². The smallest absolute Gasteiger partial charge is 0.191 e. The molecule has 4 rings (SSSR count). The SMILES string of the molecule is CCNC(=NCCc1cn2cccc(C)c2n1)NC1CCOc2ccccc21. The number of nitrogens with one attached hydrogen (secondary N) is 2. The third-order valence-electron chi connectivity index (χ3n) is 4.98. The Kier molecular flexibility index (Phi) is 5.46. The van der Waals surface area contributed by atoms with Gasteiger partial charge in [0.2, 0.25) is 0 Å². The Hall–Kier alpha value is -3.02. The zero-order chi connectivity index (χ0) is 19.3. The van der Waals surface area contributed by atoms with Gasteiger partial charge in [-0.25, -0.2) is 4.98 Å². The van der Waals surface area contributed by atoms with Crippen molar-refractivity contribution >= 4 is 11.6 Å². The standard InChI is InChI=1S/C22H27N5O/c1-3-23-22(26-19-11-14-28-20-9-5-4-8-18(19)20)24-12-10-17-15-27-13-6-7-16(2)21(27)25-17/h4-9,13,15,19H,3,10-12,14H2,1-2H3,(H2,23,24,26). The van der Waals surface area contributed by atoms with E-state index in [2.05, 4.69) is 53.3 Å². The van der Waals surface area contributed by atoms with Gasteiger partial charge in [0.15, 0.2) is 5.96 Å². The molecule has 0 spiro atoms. The highest BCUT2D eigenvalue weighted by Crippen LogP contribution is 2.31. The Balaban J connectivity index is 1.44. The fraction of sp³-hybridized carbons (Fsp3) is 0.364. The van der Waals surface area contributed by atoms with E-state index in [1.54, 1.807) is 0 Å². The first kappa shape index (κ1) is 18.3. The number of aromatic nitrogens is 2. The van der Waals surface area contributed by atoms with Crippen LogP contribution in [0.1, 0.15) is 36.2 Å². The molecule has 1 aliphatic rings. The van der Waals surface area contributed by atoms with Crippen LogP contribution in [0.5, 0.6) is 5.75 Å². The Bertz CT molecular complexity index is 978. The van der Waals surface area contributed by atoms with Gasteiger partial charge < -0.3 is 19.8 Å². The highest BCUT2D eigenvalue weighted by atomic mass is 16.5. The average molecular weight is 377 g/mol. The van der Waals surface area contributed by atoms with Gasteiger partial charge in [0.1, 0.15) is 11.4 Å². The van der Waals surface area contributed by atoms with Crippen molar-refractivity contribution in [2.75, 3.05) is 19.7 Å². The number of rotatable bonds is 5. The Morgan fingerprint density at radius 2 is 2.18 bits per heavy atom. The van der Waals surface area contributed by atoms with Gasteiger partial charge in [-0.2, -0.15) is 0 Å². The third-order valence-corrected chi connectivity index (χ3v) is 4.98. The number of aliphatic imine (C=N–C) groups is 1. The van der Waals surface area contributed by atoms with Crippen LogP contribution in [-0.4, -0.2) is 35.0 Å². The van der Waals surface area contributed by atoms with Crippen molar-refractivity contribution in [1.82, 2.24) is 20.0 Å². The van der Waals surface area contributed by atoms with Crippen LogP contribution in [0.4, 0.5) is 0 Å². The number of ether oxygens (including phenoxy) is 1. The molecule has 28 heavy (non-hydrogen) atoms. The molecule has 0 saturated heterocycles. The monoisotopic (exact) mass is 377 g/mol. The van der Waals surface area contributed by atoms with Gasteiger partial charge in [-0.3, -0.25) is 4.99 Å². The molecule has 1 atom stereocenters. The van der Waals surface area contributed by atoms with Gasteiger partial charge in [0.05, 0.1) is 18.3 Å². The zero-order valence-electron chi connectivity index (χ0n) is 16.5. The van der Waals surface area contributed by atoms with Crippen LogP contribution in [0.25, 0.3) is 5.65 Å². The lowest BCUT2D eigenvalue weighted by Crippen LogP contribution is -2.41. The molecule has 3 aromatic rings. The lowest BCUT2D eigenvalue weighted by atomic mass is 10.0. The maximum Gasteiger partial charge on any atom is 0.191 e. The Morgan fingerprint density at radius 1 is 1.29 bits per heavy atom. The van der Waals surface area contributed by atoms with Crippen molar-refractivity contribution in [3.8, 4) is 5.75 Å². The molecule has 6 nitrogen and oxygen atoms in total. The molecular weight excluding hydrogens is 350 g/mol. The summed E-state index contributed by atoms with van der Waals surface area (Å²) >= 11 is 0. The van der Waals surface area contributed by atoms with Crippen LogP contribution < -0.4 is 15.4 Å². The fourth-order valence-corrected chi connectivity index (χ4v) is 3.58. The predicted molar refractivity (Wildman–Crippen MR) is 112 cm³/mol. The molecule has 0 radical (unpaired) electrons. The largest absolute Gasteiger partial charge is 0.493 e. The second kappa shape index (κ2) is 8.33. The first-order chi connectivity index (χ1) is 13.7. The summed E-state index contributed by atoms with van der Waals surface area (Å²) in [7, 11) is 0. The van der Waals surface area contributed by atoms with Gasteiger partial charge in [-0.15, -0.1) is 0 Å². The van der Waals surface area contributed by atoms with E-state index in [4.69, 9.17) is 14.7 Å². The average Bonchev–Trinajstić information content (AvgIpc) is 3.13. The maximum absolute atomic E-state index is 5.76. The number of fused-ring (bicyclic) bond motifs is 2. The first-order valence-corrected chi connectivity index (χ1v) is 9.94. The summed E-state index contributed by atoms with van der Waals surface area (Å²) in [6.45, 7) is 6.39. The van der Waals surface area contributed by atoms with E-state index < -0.39 is 0 Å². The first-order valence-electron chi connectivity index (χ1n) is 9.94. The van der Waals surface area contributed by atoms with Crippen molar-refractivity contribution < 1.29 is 4.74 Å². The van der Waals surface area contributed by atoms with Gasteiger partial charge in [-0.1, -0.05) is 24.3 Å². The number of hydrogen-bond donors (Lipinski definition) is 2. The lowest BCUT2D eigenvalue weighted by molar-refractivity contribution is 0.261. The van der Waals surface area contributed by atoms with E-state index >= 15 is 0 Å². The van der Waals surface area contributed by atoms with Crippen molar-refractivity contribution in [2.24, 2.45) is 4.99 Å². The van der Waals surface area contributed by atoms with Crippen LogP contribution in [-0.2, 0) is 6.42 Å². The highest BCUT2D eigenvalue weighted by molar-refractivity contribution is 5.80. The Morgan fingerprint density at radius 3 is 3.04 bits per heavy atom. The van der Waals surface area contributed by atoms with Crippen LogP contribution in [0.2, 0.25) is 0 Å². The summed E-state index contributed by atoms with van der Waals surface area (Å²) in [5, 5.41) is 6.92. The molecule has 6 heteroatoms. The quantitative estimate of drug-likeness (QED) is 0.529. The van der Waals surface area contributed by atoms with E-state index in [1.807, 2.05) is 24.4 Å². The molecule has 1 aromatic carbocycles. The lowest BCUT2D eigenvalue weighted by Gasteiger charge is -2.28. The van der Waals surface area contributed by atoms with Crippen LogP contribution in [0.3, 0.4) is 0 Å². The maximum atomic E-state index is 5.76. The van der Waals surface area contributed by atoms with Gasteiger partial charge >= 0.3 is 0 Å². The van der Waals surface area contributed by atoms with Crippen molar-refractivity contribution in [1.29, 1.82) is 0 Å². The number of guanidine groups is 1. The second-order valence-electron chi connectivity index (χ2n) is 7.04. The topological polar surface area (TPSA) is 63.0 Å². The molecule has 146 valence electrons. The zero-order valence-corrected chi connectivity index (χ0v) is 16.5. The number of nitrogens with zero attached hydrogens (tertiary/aromatic N) is 3. The number of imidazole rings is 1. The van der Waals surface area contributed by atoms with Crippen molar-refractivity contribution in [3.63, 3.8) is 0 Å². The molecular formula is C22H27N5O. The number of para-hydroxylation sites is 1. The molecule has 0 saturated carbocycles. The van der Waals surface area contributed by atoms with Crippen molar-refractivity contribution in [3.05, 3.63) is 65.6 Å². The summed E-state index contributed by atoms with van der Waals surface area (Å²) in [5.41, 5.74) is 4.45. The minimum Gasteiger partial charge on any atom is -0.493 e. The third kappa shape index (κ3) is 3.96. The summed E-state index contributed by atoms with van der Waals surface area (Å²) in [4.78, 5) is 9.51. The normalized spacial score (nSPS) is 16.5. The summed E-state index contributed by atoms with van der Waals surface area (Å²) in [6, 6.07) is 12.6. The molecule has 0 aliphatic carbocycles. The van der Waals surface area contributed by atoms with Crippen LogP contribution >= 0.6 is 0 Å². The predicted octanol–water partition coefficient (Wildman–Crippen LogP) is 3.26. The summed E-state index contributed by atoms with van der Waals surface area (Å²) in [5.74, 6) is 1.80. The van der Waals surface area contributed by atoms with E-state index in [-0.39, 0.29) is 6.04 Å². The second-order valence-corrected chi connectivity index (χ2v) is 7.04. The molecule has 0 fully saturated rings. The Labute approximate surface area is 165 Å². The number of aryl methyl sites for hydroxylation is 1. The fourth-order valence-electron chi connectivity index (χ4n) is 3.58. The van der Waals surface area contributed by atoms with Crippen LogP contribution in [0.15, 0.2) is 53.8 Å². The number of pyridine rings is 1. The van der Waals surface area contributed by atoms with E-state index in [9.17, 15) is 0 Å².